The molecule has 2 rings (SSSR count). The zero-order valence-electron chi connectivity index (χ0n) is 10.1. The Morgan fingerprint density at radius 1 is 1.56 bits per heavy atom. The molecule has 0 radical (unpaired) electrons. The van der Waals surface area contributed by atoms with Gasteiger partial charge in [-0.1, -0.05) is 17.3 Å². The van der Waals surface area contributed by atoms with Gasteiger partial charge in [0.15, 0.2) is 0 Å². The quantitative estimate of drug-likeness (QED) is 0.495. The number of nitrogens with zero attached hydrogens (tertiary/aromatic N) is 1. The van der Waals surface area contributed by atoms with E-state index in [4.69, 9.17) is 9.94 Å². The monoisotopic (exact) mass is 249 g/mol. The van der Waals surface area contributed by atoms with Gasteiger partial charge in [0, 0.05) is 12.8 Å². The molecule has 1 aliphatic rings. The minimum Gasteiger partial charge on any atom is -0.465 e. The fourth-order valence-corrected chi connectivity index (χ4v) is 1.98. The molecule has 0 aliphatic carbocycles. The Balaban J connectivity index is 2.20. The van der Waals surface area contributed by atoms with Gasteiger partial charge in [-0.2, -0.15) is 0 Å². The number of methoxy groups -OCH3 is 1. The number of carbonyl (C=O) groups is 1. The molecule has 5 nitrogen and oxygen atoms in total. The number of ether oxygens (including phenoxy) is 2. The molecule has 0 spiro atoms. The van der Waals surface area contributed by atoms with E-state index in [1.165, 1.54) is 7.11 Å². The van der Waals surface area contributed by atoms with E-state index in [0.29, 0.717) is 25.0 Å². The van der Waals surface area contributed by atoms with Gasteiger partial charge in [-0.05, 0) is 17.7 Å². The lowest BCUT2D eigenvalue weighted by molar-refractivity contribution is 0.0478. The van der Waals surface area contributed by atoms with E-state index in [1.807, 2.05) is 6.07 Å². The van der Waals surface area contributed by atoms with Crippen LogP contribution in [-0.2, 0) is 9.47 Å². The Bertz CT molecular complexity index is 470. The lowest BCUT2D eigenvalue weighted by Crippen LogP contribution is -2.20. The first-order chi connectivity index (χ1) is 8.74. The van der Waals surface area contributed by atoms with Crippen molar-refractivity contribution in [3.05, 3.63) is 35.4 Å². The van der Waals surface area contributed by atoms with Gasteiger partial charge in [0.1, 0.15) is 0 Å². The van der Waals surface area contributed by atoms with Crippen LogP contribution >= 0.6 is 0 Å². The number of hydrogen-bond acceptors (Lipinski definition) is 5. The summed E-state index contributed by atoms with van der Waals surface area (Å²) in [6.45, 7) is 0.520. The molecule has 0 bridgehead atoms. The predicted octanol–water partition coefficient (Wildman–Crippen LogP) is 2.15. The van der Waals surface area contributed by atoms with Gasteiger partial charge in [-0.15, -0.1) is 0 Å². The maximum absolute atomic E-state index is 11.4. The zero-order chi connectivity index (χ0) is 13.0. The molecule has 18 heavy (non-hydrogen) atoms. The molecule has 1 N–H and O–H groups in total. The first kappa shape index (κ1) is 12.6. The average molecular weight is 249 g/mol. The molecule has 5 heteroatoms. The predicted molar refractivity (Wildman–Crippen MR) is 64.9 cm³/mol. The van der Waals surface area contributed by atoms with Crippen molar-refractivity contribution in [2.45, 2.75) is 18.9 Å². The molecule has 0 aromatic heterocycles. The van der Waals surface area contributed by atoms with Gasteiger partial charge in [-0.3, -0.25) is 0 Å². The summed E-state index contributed by atoms with van der Waals surface area (Å²) < 4.78 is 10.3. The average Bonchev–Trinajstić information content (AvgIpc) is 2.46. The van der Waals surface area contributed by atoms with Crippen LogP contribution in [0.3, 0.4) is 0 Å². The number of esters is 1. The van der Waals surface area contributed by atoms with Crippen molar-refractivity contribution in [1.29, 1.82) is 0 Å². The number of rotatable bonds is 2. The molecule has 1 fully saturated rings. The Hall–Kier alpha value is -1.88. The van der Waals surface area contributed by atoms with E-state index in [1.54, 1.807) is 18.2 Å². The second-order valence-corrected chi connectivity index (χ2v) is 4.10. The van der Waals surface area contributed by atoms with Crippen molar-refractivity contribution in [3.63, 3.8) is 0 Å². The number of carbonyl (C=O) groups excluding carboxylic acids is 1. The van der Waals surface area contributed by atoms with Gasteiger partial charge in [0.05, 0.1) is 31.1 Å². The molecule has 1 heterocycles. The van der Waals surface area contributed by atoms with Crippen molar-refractivity contribution >= 4 is 11.7 Å². The summed E-state index contributed by atoms with van der Waals surface area (Å²) in [7, 11) is 1.35. The van der Waals surface area contributed by atoms with Crippen LogP contribution < -0.4 is 0 Å². The van der Waals surface area contributed by atoms with Gasteiger partial charge in [-0.25, -0.2) is 4.79 Å². The summed E-state index contributed by atoms with van der Waals surface area (Å²) in [5, 5.41) is 12.0. The Labute approximate surface area is 105 Å². The highest BCUT2D eigenvalue weighted by Gasteiger charge is 2.21. The van der Waals surface area contributed by atoms with Gasteiger partial charge >= 0.3 is 5.97 Å². The van der Waals surface area contributed by atoms with E-state index in [2.05, 4.69) is 9.89 Å². The normalized spacial score (nSPS) is 21.8. The summed E-state index contributed by atoms with van der Waals surface area (Å²) in [5.74, 6) is -0.372. The van der Waals surface area contributed by atoms with Crippen LogP contribution in [0.15, 0.2) is 29.4 Å². The van der Waals surface area contributed by atoms with E-state index in [0.717, 1.165) is 11.3 Å². The van der Waals surface area contributed by atoms with Crippen LogP contribution in [0, 0.1) is 0 Å². The summed E-state index contributed by atoms with van der Waals surface area (Å²) in [5.41, 5.74) is 2.10. The minimum atomic E-state index is -0.372. The molecular weight excluding hydrogens is 234 g/mol. The van der Waals surface area contributed by atoms with Crippen molar-refractivity contribution in [3.8, 4) is 0 Å². The fourth-order valence-electron chi connectivity index (χ4n) is 1.98. The zero-order valence-corrected chi connectivity index (χ0v) is 10.1. The third kappa shape index (κ3) is 2.68. The maximum atomic E-state index is 11.4. The molecule has 1 aromatic rings. The molecule has 0 amide bonds. The first-order valence-corrected chi connectivity index (χ1v) is 5.74. The number of hydrogen-bond donors (Lipinski definition) is 1. The third-order valence-corrected chi connectivity index (χ3v) is 2.95. The van der Waals surface area contributed by atoms with Crippen LogP contribution in [0.5, 0.6) is 0 Å². The highest BCUT2D eigenvalue weighted by Crippen LogP contribution is 2.27. The smallest absolute Gasteiger partial charge is 0.337 e. The Kier molecular flexibility index (Phi) is 3.94. The lowest BCUT2D eigenvalue weighted by atomic mass is 9.98. The van der Waals surface area contributed by atoms with E-state index in [-0.39, 0.29) is 12.1 Å². The molecule has 1 aromatic carbocycles. The Morgan fingerprint density at radius 3 is 3.11 bits per heavy atom. The Morgan fingerprint density at radius 2 is 2.39 bits per heavy atom. The second-order valence-electron chi connectivity index (χ2n) is 4.10. The molecule has 1 unspecified atom stereocenters. The SMILES string of the molecule is COC(=O)c1cccc(C2C/C(=N/O)CCO2)c1. The summed E-state index contributed by atoms with van der Waals surface area (Å²) in [4.78, 5) is 11.4. The minimum absolute atomic E-state index is 0.172. The lowest BCUT2D eigenvalue weighted by Gasteiger charge is -2.23. The van der Waals surface area contributed by atoms with E-state index < -0.39 is 0 Å². The molecule has 1 saturated heterocycles. The van der Waals surface area contributed by atoms with Gasteiger partial charge < -0.3 is 14.7 Å². The maximum Gasteiger partial charge on any atom is 0.337 e. The van der Waals surface area contributed by atoms with E-state index >= 15 is 0 Å². The fraction of sp³-hybridized carbons (Fsp3) is 0.385. The summed E-state index contributed by atoms with van der Waals surface area (Å²) in [6.07, 6.45) is 1.01. The highest BCUT2D eigenvalue weighted by atomic mass is 16.5. The molecule has 1 atom stereocenters. The van der Waals surface area contributed by atoms with Crippen LogP contribution in [0.1, 0.15) is 34.9 Å². The molecule has 1 aliphatic heterocycles. The largest absolute Gasteiger partial charge is 0.465 e. The summed E-state index contributed by atoms with van der Waals surface area (Å²) in [6, 6.07) is 7.11. The van der Waals surface area contributed by atoms with Gasteiger partial charge in [0.25, 0.3) is 0 Å². The number of oxime groups is 1. The van der Waals surface area contributed by atoms with Gasteiger partial charge in [0.2, 0.25) is 0 Å². The van der Waals surface area contributed by atoms with Crippen LogP contribution in [-0.4, -0.2) is 30.6 Å². The number of benzene rings is 1. The van der Waals surface area contributed by atoms with Crippen molar-refractivity contribution in [1.82, 2.24) is 0 Å². The van der Waals surface area contributed by atoms with Crippen molar-refractivity contribution < 1.29 is 19.5 Å². The van der Waals surface area contributed by atoms with Crippen LogP contribution in [0.25, 0.3) is 0 Å². The highest BCUT2D eigenvalue weighted by molar-refractivity contribution is 5.89. The molecular formula is C13H15NO4. The molecule has 96 valence electrons. The first-order valence-electron chi connectivity index (χ1n) is 5.74. The van der Waals surface area contributed by atoms with Crippen LogP contribution in [0.4, 0.5) is 0 Å². The van der Waals surface area contributed by atoms with Crippen LogP contribution in [0.2, 0.25) is 0 Å². The molecule has 0 saturated carbocycles. The second kappa shape index (κ2) is 5.64. The van der Waals surface area contributed by atoms with Crippen molar-refractivity contribution in [2.75, 3.05) is 13.7 Å². The topological polar surface area (TPSA) is 68.1 Å². The third-order valence-electron chi connectivity index (χ3n) is 2.95. The summed E-state index contributed by atoms with van der Waals surface area (Å²) >= 11 is 0. The van der Waals surface area contributed by atoms with Crippen molar-refractivity contribution in [2.24, 2.45) is 5.16 Å². The standard InChI is InChI=1S/C13H15NO4/c1-17-13(15)10-4-2-3-9(7-10)12-8-11(14-16)5-6-18-12/h2-4,7,12,16H,5-6,8H2,1H3/b14-11+. The van der Waals surface area contributed by atoms with E-state index in [9.17, 15) is 4.79 Å².